The molecule has 0 saturated heterocycles. The highest BCUT2D eigenvalue weighted by molar-refractivity contribution is 5.70. The van der Waals surface area contributed by atoms with Crippen molar-refractivity contribution in [1.82, 2.24) is 4.90 Å². The van der Waals surface area contributed by atoms with Crippen LogP contribution in [0.5, 0.6) is 0 Å². The fourth-order valence-electron chi connectivity index (χ4n) is 2.40. The van der Waals surface area contributed by atoms with E-state index in [0.29, 0.717) is 6.61 Å². The second kappa shape index (κ2) is 8.72. The monoisotopic (exact) mass is 299 g/mol. The molecule has 0 bridgehead atoms. The van der Waals surface area contributed by atoms with Crippen LogP contribution in [-0.2, 0) is 9.53 Å². The number of benzene rings is 1. The zero-order valence-electron chi connectivity index (χ0n) is 12.8. The van der Waals surface area contributed by atoms with E-state index < -0.39 is 6.43 Å². The molecule has 5 heteroatoms. The Morgan fingerprint density at radius 1 is 1.19 bits per heavy atom. The molecule has 3 nitrogen and oxygen atoms in total. The minimum atomic E-state index is -2.51. The number of nitrogens with zero attached hydrogens (tertiary/aromatic N) is 1. The van der Waals surface area contributed by atoms with Crippen molar-refractivity contribution in [2.24, 2.45) is 0 Å². The zero-order chi connectivity index (χ0) is 15.8. The van der Waals surface area contributed by atoms with Gasteiger partial charge in [-0.25, -0.2) is 8.78 Å². The van der Waals surface area contributed by atoms with Gasteiger partial charge >= 0.3 is 5.97 Å². The van der Waals surface area contributed by atoms with Gasteiger partial charge in [0, 0.05) is 11.6 Å². The lowest BCUT2D eigenvalue weighted by atomic mass is 9.99. The molecule has 118 valence electrons. The van der Waals surface area contributed by atoms with Crippen LogP contribution in [0.4, 0.5) is 8.78 Å². The summed E-state index contributed by atoms with van der Waals surface area (Å²) in [6.07, 6.45) is -2.34. The Bertz CT molecular complexity index is 448. The molecule has 1 atom stereocenters. The summed E-state index contributed by atoms with van der Waals surface area (Å²) in [6.45, 7) is 7.51. The molecule has 1 rings (SSSR count). The van der Waals surface area contributed by atoms with E-state index in [4.69, 9.17) is 4.74 Å². The molecule has 0 aromatic heterocycles. The molecule has 0 radical (unpaired) electrons. The van der Waals surface area contributed by atoms with E-state index in [1.54, 1.807) is 19.1 Å². The maximum absolute atomic E-state index is 12.9. The van der Waals surface area contributed by atoms with Crippen LogP contribution in [0.25, 0.3) is 0 Å². The molecular formula is C16H23F2NO2. The van der Waals surface area contributed by atoms with Crippen molar-refractivity contribution < 1.29 is 18.3 Å². The van der Waals surface area contributed by atoms with E-state index in [2.05, 4.69) is 4.90 Å². The molecule has 1 aromatic carbocycles. The minimum absolute atomic E-state index is 0.0199. The van der Waals surface area contributed by atoms with Gasteiger partial charge in [0.25, 0.3) is 6.43 Å². The fraction of sp³-hybridized carbons (Fsp3) is 0.562. The number of hydrogen-bond acceptors (Lipinski definition) is 3. The van der Waals surface area contributed by atoms with Gasteiger partial charge in [0.15, 0.2) is 0 Å². The summed E-state index contributed by atoms with van der Waals surface area (Å²) in [5.41, 5.74) is 0.707. The van der Waals surface area contributed by atoms with Gasteiger partial charge in [0.05, 0.1) is 13.0 Å². The summed E-state index contributed by atoms with van der Waals surface area (Å²) >= 11 is 0. The van der Waals surface area contributed by atoms with Gasteiger partial charge in [0.2, 0.25) is 0 Å². The van der Waals surface area contributed by atoms with Crippen LogP contribution in [0.15, 0.2) is 24.3 Å². The second-order valence-electron chi connectivity index (χ2n) is 4.72. The molecule has 0 fully saturated rings. The standard InChI is InChI=1S/C16H23F2NO2/c1-4-19(5-2)14(11-15(20)21-6-3)12-8-7-9-13(10-12)16(17)18/h7-10,14,16H,4-6,11H2,1-3H3. The van der Waals surface area contributed by atoms with Crippen LogP contribution in [0.3, 0.4) is 0 Å². The second-order valence-corrected chi connectivity index (χ2v) is 4.72. The quantitative estimate of drug-likeness (QED) is 0.680. The van der Waals surface area contributed by atoms with Gasteiger partial charge in [-0.15, -0.1) is 0 Å². The SMILES string of the molecule is CCOC(=O)CC(c1cccc(C(F)F)c1)N(CC)CC. The summed E-state index contributed by atoms with van der Waals surface area (Å²) in [4.78, 5) is 13.9. The van der Waals surface area contributed by atoms with Crippen LogP contribution < -0.4 is 0 Å². The highest BCUT2D eigenvalue weighted by Gasteiger charge is 2.23. The third-order valence-electron chi connectivity index (χ3n) is 3.47. The number of hydrogen-bond donors (Lipinski definition) is 0. The number of ether oxygens (including phenoxy) is 1. The molecule has 0 aliphatic rings. The van der Waals surface area contributed by atoms with Crippen LogP contribution in [-0.4, -0.2) is 30.6 Å². The molecule has 0 aliphatic carbocycles. The predicted molar refractivity (Wildman–Crippen MR) is 78.3 cm³/mol. The molecule has 0 saturated carbocycles. The highest BCUT2D eigenvalue weighted by atomic mass is 19.3. The third-order valence-corrected chi connectivity index (χ3v) is 3.47. The predicted octanol–water partition coefficient (Wildman–Crippen LogP) is 3.96. The molecule has 1 unspecified atom stereocenters. The summed E-state index contributed by atoms with van der Waals surface area (Å²) in [5, 5.41) is 0. The van der Waals surface area contributed by atoms with E-state index in [-0.39, 0.29) is 24.0 Å². The minimum Gasteiger partial charge on any atom is -0.466 e. The van der Waals surface area contributed by atoms with Crippen LogP contribution in [0.1, 0.15) is 50.8 Å². The number of alkyl halides is 2. The number of halogens is 2. The Labute approximate surface area is 124 Å². The summed E-state index contributed by atoms with van der Waals surface area (Å²) in [5.74, 6) is -0.308. The molecular weight excluding hydrogens is 276 g/mol. The first-order valence-corrected chi connectivity index (χ1v) is 7.31. The van der Waals surface area contributed by atoms with Crippen molar-refractivity contribution in [2.45, 2.75) is 39.7 Å². The maximum atomic E-state index is 12.9. The Hall–Kier alpha value is -1.49. The van der Waals surface area contributed by atoms with Crippen molar-refractivity contribution in [2.75, 3.05) is 19.7 Å². The van der Waals surface area contributed by atoms with Gasteiger partial charge < -0.3 is 4.74 Å². The number of carbonyl (C=O) groups is 1. The van der Waals surface area contributed by atoms with Crippen LogP contribution in [0.2, 0.25) is 0 Å². The van der Waals surface area contributed by atoms with Crippen molar-refractivity contribution in [3.05, 3.63) is 35.4 Å². The Balaban J connectivity index is 3.04. The van der Waals surface area contributed by atoms with Gasteiger partial charge in [-0.05, 0) is 31.6 Å². The first-order chi connectivity index (χ1) is 10.0. The Morgan fingerprint density at radius 3 is 2.33 bits per heavy atom. The van der Waals surface area contributed by atoms with Crippen molar-refractivity contribution in [1.29, 1.82) is 0 Å². The number of rotatable bonds is 8. The summed E-state index contributed by atoms with van der Waals surface area (Å²) in [6, 6.07) is 6.04. The smallest absolute Gasteiger partial charge is 0.307 e. The van der Waals surface area contributed by atoms with Crippen LogP contribution in [0, 0.1) is 0 Å². The zero-order valence-corrected chi connectivity index (χ0v) is 12.8. The van der Waals surface area contributed by atoms with Crippen molar-refractivity contribution in [3.8, 4) is 0 Å². The van der Waals surface area contributed by atoms with E-state index in [0.717, 1.165) is 18.7 Å². The van der Waals surface area contributed by atoms with Gasteiger partial charge in [-0.1, -0.05) is 32.0 Å². The first kappa shape index (κ1) is 17.6. The highest BCUT2D eigenvalue weighted by Crippen LogP contribution is 2.28. The lowest BCUT2D eigenvalue weighted by Gasteiger charge is -2.29. The average Bonchev–Trinajstić information content (AvgIpc) is 2.47. The van der Waals surface area contributed by atoms with E-state index in [1.807, 2.05) is 13.8 Å². The van der Waals surface area contributed by atoms with Gasteiger partial charge in [-0.3, -0.25) is 9.69 Å². The van der Waals surface area contributed by atoms with Gasteiger partial charge in [-0.2, -0.15) is 0 Å². The Kier molecular flexibility index (Phi) is 7.29. The molecule has 0 spiro atoms. The van der Waals surface area contributed by atoms with E-state index in [1.165, 1.54) is 12.1 Å². The largest absolute Gasteiger partial charge is 0.466 e. The average molecular weight is 299 g/mol. The number of esters is 1. The maximum Gasteiger partial charge on any atom is 0.307 e. The number of carbonyl (C=O) groups excluding carboxylic acids is 1. The lowest BCUT2D eigenvalue weighted by molar-refractivity contribution is -0.144. The normalized spacial score (nSPS) is 12.7. The summed E-state index contributed by atoms with van der Waals surface area (Å²) in [7, 11) is 0. The van der Waals surface area contributed by atoms with Crippen molar-refractivity contribution in [3.63, 3.8) is 0 Å². The van der Waals surface area contributed by atoms with Gasteiger partial charge in [0.1, 0.15) is 0 Å². The van der Waals surface area contributed by atoms with E-state index >= 15 is 0 Å². The molecule has 21 heavy (non-hydrogen) atoms. The van der Waals surface area contributed by atoms with Crippen molar-refractivity contribution >= 4 is 5.97 Å². The van der Waals surface area contributed by atoms with E-state index in [9.17, 15) is 13.6 Å². The Morgan fingerprint density at radius 2 is 1.81 bits per heavy atom. The lowest BCUT2D eigenvalue weighted by Crippen LogP contribution is -2.30. The first-order valence-electron chi connectivity index (χ1n) is 7.31. The summed E-state index contributed by atoms with van der Waals surface area (Å²) < 4.78 is 30.7. The molecule has 1 aromatic rings. The topological polar surface area (TPSA) is 29.5 Å². The molecule has 0 amide bonds. The molecule has 0 N–H and O–H groups in total. The van der Waals surface area contributed by atoms with Crippen LogP contribution >= 0.6 is 0 Å². The molecule has 0 aliphatic heterocycles. The third kappa shape index (κ3) is 5.08. The molecule has 0 heterocycles. The fourth-order valence-corrected chi connectivity index (χ4v) is 2.40.